The van der Waals surface area contributed by atoms with Crippen LogP contribution < -0.4 is 14.8 Å². The van der Waals surface area contributed by atoms with Crippen LogP contribution in [0.25, 0.3) is 6.08 Å². The second-order valence-electron chi connectivity index (χ2n) is 6.46. The third-order valence-corrected chi connectivity index (χ3v) is 4.27. The number of aryl methyl sites for hydroxylation is 1. The van der Waals surface area contributed by atoms with Gasteiger partial charge in [-0.1, -0.05) is 50.5 Å². The molecule has 2 rings (SSSR count). The van der Waals surface area contributed by atoms with E-state index in [2.05, 4.69) is 12.2 Å². The molecule has 0 fully saturated rings. The maximum Gasteiger partial charge on any atom is 0.248 e. The van der Waals surface area contributed by atoms with E-state index in [0.717, 1.165) is 29.0 Å². The lowest BCUT2D eigenvalue weighted by atomic mass is 10.1. The van der Waals surface area contributed by atoms with Crippen LogP contribution >= 0.6 is 0 Å². The molecule has 0 aliphatic heterocycles. The molecule has 0 atom stereocenters. The van der Waals surface area contributed by atoms with Crippen molar-refractivity contribution in [3.63, 3.8) is 0 Å². The molecule has 4 nitrogen and oxygen atoms in total. The maximum atomic E-state index is 12.1. The number of unbranched alkanes of at least 4 members (excludes halogenated alkanes) is 3. The first-order valence-corrected chi connectivity index (χ1v) is 9.49. The highest BCUT2D eigenvalue weighted by molar-refractivity contribution is 6.02. The zero-order valence-corrected chi connectivity index (χ0v) is 16.5. The van der Waals surface area contributed by atoms with Crippen LogP contribution in [0.2, 0.25) is 0 Å². The van der Waals surface area contributed by atoms with Gasteiger partial charge in [-0.3, -0.25) is 4.79 Å². The molecule has 0 spiro atoms. The van der Waals surface area contributed by atoms with Crippen LogP contribution in [0.3, 0.4) is 0 Å². The Kier molecular flexibility index (Phi) is 8.43. The minimum atomic E-state index is -0.167. The fraction of sp³-hybridized carbons (Fsp3) is 0.348. The second-order valence-corrected chi connectivity index (χ2v) is 6.46. The Morgan fingerprint density at radius 2 is 1.89 bits per heavy atom. The van der Waals surface area contributed by atoms with Gasteiger partial charge < -0.3 is 14.8 Å². The van der Waals surface area contributed by atoms with Gasteiger partial charge in [0.15, 0.2) is 11.5 Å². The zero-order chi connectivity index (χ0) is 19.5. The first-order chi connectivity index (χ1) is 13.1. The molecule has 144 valence electrons. The number of hydrogen-bond acceptors (Lipinski definition) is 3. The SMILES string of the molecule is CCCCCCOc1ccc(C=CC(=O)Nc2ccccc2C)cc1OC. The van der Waals surface area contributed by atoms with Gasteiger partial charge in [-0.05, 0) is 48.7 Å². The van der Waals surface area contributed by atoms with Gasteiger partial charge >= 0.3 is 0 Å². The third kappa shape index (κ3) is 6.81. The highest BCUT2D eigenvalue weighted by Crippen LogP contribution is 2.28. The summed E-state index contributed by atoms with van der Waals surface area (Å²) in [6, 6.07) is 13.4. The van der Waals surface area contributed by atoms with Crippen LogP contribution in [0.4, 0.5) is 5.69 Å². The molecule has 2 aromatic carbocycles. The van der Waals surface area contributed by atoms with Crippen LogP contribution in [-0.2, 0) is 4.79 Å². The molecule has 0 saturated carbocycles. The van der Waals surface area contributed by atoms with E-state index >= 15 is 0 Å². The number of nitrogens with one attached hydrogen (secondary N) is 1. The van der Waals surface area contributed by atoms with Crippen molar-refractivity contribution in [3.8, 4) is 11.5 Å². The van der Waals surface area contributed by atoms with Crippen LogP contribution in [0, 0.1) is 6.92 Å². The zero-order valence-electron chi connectivity index (χ0n) is 16.5. The summed E-state index contributed by atoms with van der Waals surface area (Å²) in [5.74, 6) is 1.24. The summed E-state index contributed by atoms with van der Waals surface area (Å²) in [5.41, 5.74) is 2.73. The van der Waals surface area contributed by atoms with E-state index in [1.165, 1.54) is 25.3 Å². The van der Waals surface area contributed by atoms with E-state index in [9.17, 15) is 4.79 Å². The van der Waals surface area contributed by atoms with Gasteiger partial charge in [-0.15, -0.1) is 0 Å². The van der Waals surface area contributed by atoms with E-state index in [0.29, 0.717) is 12.4 Å². The summed E-state index contributed by atoms with van der Waals surface area (Å²) in [5, 5.41) is 2.88. The summed E-state index contributed by atoms with van der Waals surface area (Å²) >= 11 is 0. The Labute approximate surface area is 162 Å². The van der Waals surface area contributed by atoms with Crippen molar-refractivity contribution in [1.29, 1.82) is 0 Å². The van der Waals surface area contributed by atoms with Crippen LogP contribution in [0.1, 0.15) is 43.7 Å². The molecule has 27 heavy (non-hydrogen) atoms. The molecule has 2 aromatic rings. The molecule has 0 aliphatic rings. The van der Waals surface area contributed by atoms with Crippen molar-refractivity contribution in [2.45, 2.75) is 39.5 Å². The lowest BCUT2D eigenvalue weighted by molar-refractivity contribution is -0.111. The average Bonchev–Trinajstić information content (AvgIpc) is 2.68. The minimum Gasteiger partial charge on any atom is -0.493 e. The molecular weight excluding hydrogens is 338 g/mol. The quantitative estimate of drug-likeness (QED) is 0.438. The smallest absolute Gasteiger partial charge is 0.248 e. The topological polar surface area (TPSA) is 47.6 Å². The monoisotopic (exact) mass is 367 g/mol. The third-order valence-electron chi connectivity index (χ3n) is 4.27. The summed E-state index contributed by atoms with van der Waals surface area (Å²) in [7, 11) is 1.62. The van der Waals surface area contributed by atoms with E-state index in [4.69, 9.17) is 9.47 Å². The van der Waals surface area contributed by atoms with Crippen LogP contribution in [0.15, 0.2) is 48.5 Å². The van der Waals surface area contributed by atoms with Crippen LogP contribution in [0.5, 0.6) is 11.5 Å². The summed E-state index contributed by atoms with van der Waals surface area (Å²) in [6.45, 7) is 4.84. The molecule has 1 amide bonds. The van der Waals surface area contributed by atoms with E-state index in [1.54, 1.807) is 13.2 Å². The lowest BCUT2D eigenvalue weighted by Gasteiger charge is -2.11. The summed E-state index contributed by atoms with van der Waals surface area (Å²) in [6.07, 6.45) is 7.94. The molecule has 0 saturated heterocycles. The van der Waals surface area contributed by atoms with Crippen molar-refractivity contribution < 1.29 is 14.3 Å². The number of hydrogen-bond donors (Lipinski definition) is 1. The van der Waals surface area contributed by atoms with Crippen molar-refractivity contribution in [2.75, 3.05) is 19.0 Å². The maximum absolute atomic E-state index is 12.1. The molecule has 1 N–H and O–H groups in total. The normalized spacial score (nSPS) is 10.8. The second kappa shape index (κ2) is 11.1. The number of carbonyl (C=O) groups excluding carboxylic acids is 1. The largest absolute Gasteiger partial charge is 0.493 e. The van der Waals surface area contributed by atoms with Crippen molar-refractivity contribution in [1.82, 2.24) is 0 Å². The Morgan fingerprint density at radius 1 is 1.07 bits per heavy atom. The molecule has 0 bridgehead atoms. The minimum absolute atomic E-state index is 0.167. The molecule has 0 radical (unpaired) electrons. The number of benzene rings is 2. The van der Waals surface area contributed by atoms with Gasteiger partial charge in [0.1, 0.15) is 0 Å². The molecule has 0 aliphatic carbocycles. The number of para-hydroxylation sites is 1. The molecule has 0 heterocycles. The predicted molar refractivity (Wildman–Crippen MR) is 111 cm³/mol. The number of amides is 1. The van der Waals surface area contributed by atoms with Gasteiger partial charge in [0.05, 0.1) is 13.7 Å². The van der Waals surface area contributed by atoms with Crippen molar-refractivity contribution in [3.05, 3.63) is 59.7 Å². The predicted octanol–water partition coefficient (Wildman–Crippen LogP) is 5.61. The molecule has 4 heteroatoms. The molecular formula is C23H29NO3. The lowest BCUT2D eigenvalue weighted by Crippen LogP contribution is -2.08. The highest BCUT2D eigenvalue weighted by Gasteiger charge is 2.05. The summed E-state index contributed by atoms with van der Waals surface area (Å²) in [4.78, 5) is 12.1. The number of anilines is 1. The van der Waals surface area contributed by atoms with Crippen molar-refractivity contribution >= 4 is 17.7 Å². The summed E-state index contributed by atoms with van der Waals surface area (Å²) < 4.78 is 11.2. The fourth-order valence-electron chi connectivity index (χ4n) is 2.68. The Hall–Kier alpha value is -2.75. The number of rotatable bonds is 10. The average molecular weight is 367 g/mol. The Morgan fingerprint density at radius 3 is 2.63 bits per heavy atom. The number of carbonyl (C=O) groups is 1. The Bertz CT molecular complexity index is 768. The van der Waals surface area contributed by atoms with Gasteiger partial charge in [0.2, 0.25) is 5.91 Å². The first kappa shape index (κ1) is 20.6. The molecule has 0 unspecified atom stereocenters. The molecule has 0 aromatic heterocycles. The van der Waals surface area contributed by atoms with Gasteiger partial charge in [0.25, 0.3) is 0 Å². The fourth-order valence-corrected chi connectivity index (χ4v) is 2.68. The van der Waals surface area contributed by atoms with Crippen molar-refractivity contribution in [2.24, 2.45) is 0 Å². The first-order valence-electron chi connectivity index (χ1n) is 9.49. The van der Waals surface area contributed by atoms with Crippen LogP contribution in [-0.4, -0.2) is 19.6 Å². The van der Waals surface area contributed by atoms with E-state index in [1.807, 2.05) is 49.4 Å². The Balaban J connectivity index is 1.94. The van der Waals surface area contributed by atoms with Gasteiger partial charge in [-0.25, -0.2) is 0 Å². The number of ether oxygens (including phenoxy) is 2. The highest BCUT2D eigenvalue weighted by atomic mass is 16.5. The van der Waals surface area contributed by atoms with E-state index in [-0.39, 0.29) is 5.91 Å². The standard InChI is InChI=1S/C23H29NO3/c1-4-5-6-9-16-27-21-14-12-19(17-22(21)26-3)13-15-23(25)24-20-11-8-7-10-18(20)2/h7-8,10-15,17H,4-6,9,16H2,1-3H3,(H,24,25). The number of methoxy groups -OCH3 is 1. The van der Waals surface area contributed by atoms with E-state index < -0.39 is 0 Å². The van der Waals surface area contributed by atoms with Gasteiger partial charge in [-0.2, -0.15) is 0 Å². The van der Waals surface area contributed by atoms with Gasteiger partial charge in [0, 0.05) is 11.8 Å².